The van der Waals surface area contributed by atoms with E-state index in [0.29, 0.717) is 18.0 Å². The van der Waals surface area contributed by atoms with E-state index in [2.05, 4.69) is 10.3 Å². The molecule has 0 aliphatic rings. The Hall–Kier alpha value is -2.43. The molecule has 0 aliphatic heterocycles. The lowest BCUT2D eigenvalue weighted by atomic mass is 10.1. The zero-order chi connectivity index (χ0) is 15.2. The van der Waals surface area contributed by atoms with Gasteiger partial charge >= 0.3 is 5.97 Å². The molecule has 2 rings (SSSR count). The molecule has 1 N–H and O–H groups in total. The predicted octanol–water partition coefficient (Wildman–Crippen LogP) is 3.57. The monoisotopic (exact) mass is 288 g/mol. The lowest BCUT2D eigenvalue weighted by Gasteiger charge is -2.15. The number of anilines is 1. The van der Waals surface area contributed by atoms with Crippen LogP contribution in [0.5, 0.6) is 0 Å². The van der Waals surface area contributed by atoms with Gasteiger partial charge in [0.1, 0.15) is 11.6 Å². The number of hydrogen-bond acceptors (Lipinski definition) is 4. The van der Waals surface area contributed by atoms with E-state index in [1.165, 1.54) is 18.3 Å². The summed E-state index contributed by atoms with van der Waals surface area (Å²) in [6.45, 7) is 4.04. The van der Waals surface area contributed by atoms with Gasteiger partial charge in [-0.15, -0.1) is 0 Å². The number of nitrogens with one attached hydrogen (secondary N) is 1. The summed E-state index contributed by atoms with van der Waals surface area (Å²) >= 11 is 0. The third-order valence-corrected chi connectivity index (χ3v) is 3.01. The topological polar surface area (TPSA) is 51.2 Å². The van der Waals surface area contributed by atoms with E-state index in [1.54, 1.807) is 31.2 Å². The molecule has 4 nitrogen and oxygen atoms in total. The minimum atomic E-state index is -0.386. The van der Waals surface area contributed by atoms with Gasteiger partial charge in [0.2, 0.25) is 0 Å². The first-order valence-corrected chi connectivity index (χ1v) is 6.75. The number of nitrogens with zero attached hydrogens (tertiary/aromatic N) is 1. The summed E-state index contributed by atoms with van der Waals surface area (Å²) in [4.78, 5) is 15.7. The fourth-order valence-corrected chi connectivity index (χ4v) is 1.87. The number of benzene rings is 1. The first-order chi connectivity index (χ1) is 10.1. The summed E-state index contributed by atoms with van der Waals surface area (Å²) in [5, 5.41) is 3.19. The summed E-state index contributed by atoms with van der Waals surface area (Å²) in [5.74, 6) is -0.00845. The van der Waals surface area contributed by atoms with E-state index in [1.807, 2.05) is 6.92 Å². The van der Waals surface area contributed by atoms with Crippen LogP contribution < -0.4 is 5.32 Å². The highest BCUT2D eigenvalue weighted by Gasteiger charge is 2.09. The van der Waals surface area contributed by atoms with Crippen molar-refractivity contribution in [2.24, 2.45) is 0 Å². The molecule has 0 amide bonds. The Labute approximate surface area is 123 Å². The number of carbonyl (C=O) groups is 1. The van der Waals surface area contributed by atoms with E-state index in [9.17, 15) is 9.18 Å². The van der Waals surface area contributed by atoms with Crippen LogP contribution >= 0.6 is 0 Å². The van der Waals surface area contributed by atoms with Gasteiger partial charge in [0.15, 0.2) is 0 Å². The third-order valence-electron chi connectivity index (χ3n) is 3.01. The average molecular weight is 288 g/mol. The van der Waals surface area contributed by atoms with E-state index >= 15 is 0 Å². The molecule has 0 fully saturated rings. The van der Waals surface area contributed by atoms with Gasteiger partial charge in [0.05, 0.1) is 12.2 Å². The fraction of sp³-hybridized carbons (Fsp3) is 0.250. The Morgan fingerprint density at radius 1 is 1.29 bits per heavy atom. The molecule has 21 heavy (non-hydrogen) atoms. The standard InChI is InChI=1S/C16H17FN2O2/c1-3-21-16(20)13-6-9-15(18-10-13)19-11(2)12-4-7-14(17)8-5-12/h4-11H,3H2,1-2H3,(H,18,19). The molecule has 0 radical (unpaired) electrons. The molecule has 1 atom stereocenters. The number of pyridine rings is 1. The van der Waals surface area contributed by atoms with Crippen molar-refractivity contribution in [1.29, 1.82) is 0 Å². The number of esters is 1. The van der Waals surface area contributed by atoms with Crippen LogP contribution in [-0.4, -0.2) is 17.6 Å². The molecule has 1 aromatic heterocycles. The first-order valence-electron chi connectivity index (χ1n) is 6.75. The van der Waals surface area contributed by atoms with Crippen molar-refractivity contribution >= 4 is 11.8 Å². The van der Waals surface area contributed by atoms with Gasteiger partial charge in [0.25, 0.3) is 0 Å². The Morgan fingerprint density at radius 3 is 2.57 bits per heavy atom. The molecule has 0 aliphatic carbocycles. The van der Waals surface area contributed by atoms with Crippen LogP contribution in [0.15, 0.2) is 42.6 Å². The lowest BCUT2D eigenvalue weighted by Crippen LogP contribution is -2.09. The summed E-state index contributed by atoms with van der Waals surface area (Å²) in [5.41, 5.74) is 1.37. The van der Waals surface area contributed by atoms with Crippen LogP contribution in [0, 0.1) is 5.82 Å². The Kier molecular flexibility index (Phi) is 4.87. The van der Waals surface area contributed by atoms with Crippen molar-refractivity contribution < 1.29 is 13.9 Å². The summed E-state index contributed by atoms with van der Waals surface area (Å²) in [6, 6.07) is 9.64. The maximum Gasteiger partial charge on any atom is 0.339 e. The first kappa shape index (κ1) is 15.0. The van der Waals surface area contributed by atoms with Gasteiger partial charge in [-0.25, -0.2) is 14.2 Å². The molecular formula is C16H17FN2O2. The van der Waals surface area contributed by atoms with Crippen LogP contribution in [0.25, 0.3) is 0 Å². The summed E-state index contributed by atoms with van der Waals surface area (Å²) in [7, 11) is 0. The van der Waals surface area contributed by atoms with E-state index in [4.69, 9.17) is 4.74 Å². The zero-order valence-electron chi connectivity index (χ0n) is 12.0. The molecule has 0 spiro atoms. The molecule has 1 unspecified atom stereocenters. The maximum atomic E-state index is 12.9. The average Bonchev–Trinajstić information content (AvgIpc) is 2.49. The van der Waals surface area contributed by atoms with Crippen LogP contribution in [0.2, 0.25) is 0 Å². The predicted molar refractivity (Wildman–Crippen MR) is 78.6 cm³/mol. The zero-order valence-corrected chi connectivity index (χ0v) is 12.0. The molecule has 5 heteroatoms. The lowest BCUT2D eigenvalue weighted by molar-refractivity contribution is 0.0526. The Bertz CT molecular complexity index is 597. The van der Waals surface area contributed by atoms with Crippen LogP contribution in [0.3, 0.4) is 0 Å². The Morgan fingerprint density at radius 2 is 2.00 bits per heavy atom. The Balaban J connectivity index is 2.02. The second kappa shape index (κ2) is 6.83. The number of rotatable bonds is 5. The maximum absolute atomic E-state index is 12.9. The summed E-state index contributed by atoms with van der Waals surface area (Å²) < 4.78 is 17.8. The summed E-state index contributed by atoms with van der Waals surface area (Å²) in [6.07, 6.45) is 1.47. The normalized spacial score (nSPS) is 11.8. The largest absolute Gasteiger partial charge is 0.462 e. The molecular weight excluding hydrogens is 271 g/mol. The van der Waals surface area contributed by atoms with Crippen LogP contribution in [0.1, 0.15) is 35.8 Å². The number of ether oxygens (including phenoxy) is 1. The minimum absolute atomic E-state index is 0.0217. The van der Waals surface area contributed by atoms with Gasteiger partial charge in [-0.2, -0.15) is 0 Å². The smallest absolute Gasteiger partial charge is 0.339 e. The van der Waals surface area contributed by atoms with E-state index in [0.717, 1.165) is 5.56 Å². The van der Waals surface area contributed by atoms with Gasteiger partial charge in [-0.3, -0.25) is 0 Å². The van der Waals surface area contributed by atoms with Crippen molar-refractivity contribution in [2.45, 2.75) is 19.9 Å². The van der Waals surface area contributed by atoms with Crippen LogP contribution in [0.4, 0.5) is 10.2 Å². The molecule has 1 heterocycles. The fourth-order valence-electron chi connectivity index (χ4n) is 1.87. The highest BCUT2D eigenvalue weighted by atomic mass is 19.1. The SMILES string of the molecule is CCOC(=O)c1ccc(NC(C)c2ccc(F)cc2)nc1. The molecule has 110 valence electrons. The quantitative estimate of drug-likeness (QED) is 0.855. The van der Waals surface area contributed by atoms with Gasteiger partial charge in [0, 0.05) is 12.2 Å². The van der Waals surface area contributed by atoms with E-state index in [-0.39, 0.29) is 17.8 Å². The molecule has 1 aromatic carbocycles. The van der Waals surface area contributed by atoms with Crippen molar-refractivity contribution in [3.8, 4) is 0 Å². The van der Waals surface area contributed by atoms with Crippen molar-refractivity contribution in [1.82, 2.24) is 4.98 Å². The molecule has 0 saturated carbocycles. The highest BCUT2D eigenvalue weighted by molar-refractivity contribution is 5.89. The van der Waals surface area contributed by atoms with Gasteiger partial charge in [-0.1, -0.05) is 12.1 Å². The van der Waals surface area contributed by atoms with Crippen LogP contribution in [-0.2, 0) is 4.74 Å². The molecule has 0 bridgehead atoms. The number of halogens is 1. The third kappa shape index (κ3) is 4.02. The number of carbonyl (C=O) groups excluding carboxylic acids is 1. The van der Waals surface area contributed by atoms with E-state index < -0.39 is 0 Å². The second-order valence-electron chi connectivity index (χ2n) is 4.57. The number of aromatic nitrogens is 1. The van der Waals surface area contributed by atoms with Crippen molar-refractivity contribution in [3.63, 3.8) is 0 Å². The van der Waals surface area contributed by atoms with Crippen molar-refractivity contribution in [3.05, 3.63) is 59.5 Å². The van der Waals surface area contributed by atoms with Gasteiger partial charge < -0.3 is 10.1 Å². The molecule has 0 saturated heterocycles. The molecule has 2 aromatic rings. The van der Waals surface area contributed by atoms with Crippen molar-refractivity contribution in [2.75, 3.05) is 11.9 Å². The highest BCUT2D eigenvalue weighted by Crippen LogP contribution is 2.18. The van der Waals surface area contributed by atoms with Gasteiger partial charge in [-0.05, 0) is 43.7 Å². The minimum Gasteiger partial charge on any atom is -0.462 e. The second-order valence-corrected chi connectivity index (χ2v) is 4.57. The number of hydrogen-bond donors (Lipinski definition) is 1.